The van der Waals surface area contributed by atoms with Crippen LogP contribution in [0.25, 0.3) is 0 Å². The quantitative estimate of drug-likeness (QED) is 0.829. The zero-order valence-corrected chi connectivity index (χ0v) is 14.2. The van der Waals surface area contributed by atoms with Gasteiger partial charge < -0.3 is 10.2 Å². The fourth-order valence-electron chi connectivity index (χ4n) is 2.46. The van der Waals surface area contributed by atoms with Gasteiger partial charge in [0.2, 0.25) is 5.91 Å². The lowest BCUT2D eigenvalue weighted by Crippen LogP contribution is -2.46. The summed E-state index contributed by atoms with van der Waals surface area (Å²) in [6, 6.07) is 3.11. The molecule has 0 aliphatic carbocycles. The third-order valence-corrected chi connectivity index (χ3v) is 4.96. The van der Waals surface area contributed by atoms with Crippen molar-refractivity contribution in [3.05, 3.63) is 32.8 Å². The van der Waals surface area contributed by atoms with Crippen molar-refractivity contribution in [2.24, 2.45) is 0 Å². The maximum absolute atomic E-state index is 12.3. The molecule has 21 heavy (non-hydrogen) atoms. The highest BCUT2D eigenvalue weighted by Gasteiger charge is 2.22. The number of likely N-dealkylation sites (tertiary alicyclic amines) is 1. The molecule has 0 bridgehead atoms. The number of piperidine rings is 1. The highest BCUT2D eigenvalue weighted by atomic mass is 35.5. The largest absolute Gasteiger partial charge is 0.341 e. The summed E-state index contributed by atoms with van der Waals surface area (Å²) in [5.74, 6) is 0.129. The number of carbonyl (C=O) groups excluding carboxylic acids is 1. The fraction of sp³-hybridized carbons (Fsp3) is 0.533. The Morgan fingerprint density at radius 1 is 1.19 bits per heavy atom. The van der Waals surface area contributed by atoms with Crippen LogP contribution in [0.1, 0.15) is 31.7 Å². The summed E-state index contributed by atoms with van der Waals surface area (Å²) in [6.45, 7) is 3.98. The van der Waals surface area contributed by atoms with Gasteiger partial charge in [-0.25, -0.2) is 0 Å². The lowest BCUT2D eigenvalue weighted by molar-refractivity contribution is -0.133. The lowest BCUT2D eigenvalue weighted by atomic mass is 10.1. The van der Waals surface area contributed by atoms with E-state index >= 15 is 0 Å². The van der Waals surface area contributed by atoms with Crippen LogP contribution < -0.4 is 5.32 Å². The second-order valence-electron chi connectivity index (χ2n) is 5.31. The van der Waals surface area contributed by atoms with Crippen LogP contribution in [0.4, 0.5) is 0 Å². The molecule has 1 amide bonds. The predicted octanol–water partition coefficient (Wildman–Crippen LogP) is 4.14. The molecule has 1 aliphatic heterocycles. The number of hydrogen-bond donors (Lipinski definition) is 1. The molecular weight excluding hydrogens is 331 g/mol. The molecule has 3 nitrogen and oxygen atoms in total. The molecule has 2 rings (SSSR count). The van der Waals surface area contributed by atoms with Crippen LogP contribution in [0, 0.1) is 0 Å². The summed E-state index contributed by atoms with van der Waals surface area (Å²) >= 11 is 18.3. The van der Waals surface area contributed by atoms with Crippen molar-refractivity contribution in [2.75, 3.05) is 13.1 Å². The Morgan fingerprint density at radius 2 is 1.81 bits per heavy atom. The summed E-state index contributed by atoms with van der Waals surface area (Å²) < 4.78 is 0. The molecule has 1 atom stereocenters. The van der Waals surface area contributed by atoms with E-state index in [1.807, 2.05) is 11.8 Å². The molecule has 1 saturated heterocycles. The van der Waals surface area contributed by atoms with Gasteiger partial charge >= 0.3 is 0 Å². The van der Waals surface area contributed by atoms with Crippen molar-refractivity contribution in [1.29, 1.82) is 0 Å². The smallest absolute Gasteiger partial charge is 0.239 e. The van der Waals surface area contributed by atoms with Gasteiger partial charge in [0, 0.05) is 30.2 Å². The van der Waals surface area contributed by atoms with Gasteiger partial charge in [-0.15, -0.1) is 0 Å². The molecule has 116 valence electrons. The Hall–Kier alpha value is -0.480. The van der Waals surface area contributed by atoms with Crippen LogP contribution in [0.3, 0.4) is 0 Å². The molecule has 1 aliphatic rings. The number of nitrogens with one attached hydrogen (secondary N) is 1. The summed E-state index contributed by atoms with van der Waals surface area (Å²) in [5, 5.41) is 4.64. The maximum Gasteiger partial charge on any atom is 0.239 e. The zero-order valence-electron chi connectivity index (χ0n) is 12.0. The molecule has 1 aromatic rings. The van der Waals surface area contributed by atoms with Gasteiger partial charge in [0.25, 0.3) is 0 Å². The van der Waals surface area contributed by atoms with Gasteiger partial charge in [-0.2, -0.15) is 0 Å². The van der Waals surface area contributed by atoms with E-state index in [0.29, 0.717) is 21.6 Å². The van der Waals surface area contributed by atoms with Crippen molar-refractivity contribution < 1.29 is 4.79 Å². The second-order valence-corrected chi connectivity index (χ2v) is 6.50. The predicted molar refractivity (Wildman–Crippen MR) is 88.2 cm³/mol. The molecule has 0 aromatic heterocycles. The van der Waals surface area contributed by atoms with Gasteiger partial charge in [0.15, 0.2) is 0 Å². The first-order chi connectivity index (χ1) is 10.0. The summed E-state index contributed by atoms with van der Waals surface area (Å²) in [7, 11) is 0. The summed E-state index contributed by atoms with van der Waals surface area (Å²) in [5.41, 5.74) is 0.726. The van der Waals surface area contributed by atoms with Gasteiger partial charge in [-0.1, -0.05) is 34.8 Å². The lowest BCUT2D eigenvalue weighted by Gasteiger charge is -2.29. The first-order valence-electron chi connectivity index (χ1n) is 7.15. The molecule has 0 spiro atoms. The molecule has 1 N–H and O–H groups in total. The van der Waals surface area contributed by atoms with E-state index in [1.54, 1.807) is 12.1 Å². The fourth-order valence-corrected chi connectivity index (χ4v) is 3.14. The number of rotatable bonds is 4. The Labute approximate surface area is 140 Å². The first kappa shape index (κ1) is 16.9. The van der Waals surface area contributed by atoms with Gasteiger partial charge in [0.1, 0.15) is 0 Å². The minimum atomic E-state index is -0.269. The number of carbonyl (C=O) groups is 1. The van der Waals surface area contributed by atoms with Crippen molar-refractivity contribution in [3.63, 3.8) is 0 Å². The van der Waals surface area contributed by atoms with Crippen LogP contribution in [0.2, 0.25) is 15.1 Å². The SMILES string of the molecule is CC(NCc1c(Cl)ccc(Cl)c1Cl)C(=O)N1CCCCC1. The molecule has 0 saturated carbocycles. The van der Waals surface area contributed by atoms with Crippen LogP contribution in [-0.2, 0) is 11.3 Å². The average Bonchev–Trinajstić information content (AvgIpc) is 2.51. The monoisotopic (exact) mass is 348 g/mol. The third kappa shape index (κ3) is 4.26. The number of hydrogen-bond acceptors (Lipinski definition) is 2. The van der Waals surface area contributed by atoms with Crippen molar-refractivity contribution in [1.82, 2.24) is 10.2 Å². The van der Waals surface area contributed by atoms with E-state index < -0.39 is 0 Å². The van der Waals surface area contributed by atoms with E-state index in [9.17, 15) is 4.79 Å². The molecule has 1 heterocycles. The van der Waals surface area contributed by atoms with Gasteiger partial charge in [0.05, 0.1) is 16.1 Å². The summed E-state index contributed by atoms with van der Waals surface area (Å²) in [4.78, 5) is 14.2. The van der Waals surface area contributed by atoms with Gasteiger partial charge in [-0.3, -0.25) is 4.79 Å². The summed E-state index contributed by atoms with van der Waals surface area (Å²) in [6.07, 6.45) is 3.38. The van der Waals surface area contributed by atoms with Crippen molar-refractivity contribution in [3.8, 4) is 0 Å². The molecule has 1 fully saturated rings. The molecule has 6 heteroatoms. The molecule has 0 radical (unpaired) electrons. The van der Waals surface area contributed by atoms with Crippen LogP contribution in [0.15, 0.2) is 12.1 Å². The maximum atomic E-state index is 12.3. The van der Waals surface area contributed by atoms with Crippen LogP contribution in [0.5, 0.6) is 0 Å². The number of benzene rings is 1. The van der Waals surface area contributed by atoms with E-state index in [0.717, 1.165) is 31.5 Å². The first-order valence-corrected chi connectivity index (χ1v) is 8.28. The average molecular weight is 350 g/mol. The van der Waals surface area contributed by atoms with E-state index in [4.69, 9.17) is 34.8 Å². The standard InChI is InChI=1S/C15H19Cl3N2O/c1-10(15(21)20-7-3-2-4-8-20)19-9-11-12(16)5-6-13(17)14(11)18/h5-6,10,19H,2-4,7-9H2,1H3. The zero-order chi connectivity index (χ0) is 15.4. The number of halogens is 3. The number of amides is 1. The normalized spacial score (nSPS) is 16.9. The minimum absolute atomic E-state index is 0.129. The molecule has 1 unspecified atom stereocenters. The second kappa shape index (κ2) is 7.68. The molecular formula is C15H19Cl3N2O. The number of nitrogens with zero attached hydrogens (tertiary/aromatic N) is 1. The Balaban J connectivity index is 1.96. The minimum Gasteiger partial charge on any atom is -0.341 e. The topological polar surface area (TPSA) is 32.3 Å². The Morgan fingerprint density at radius 3 is 2.48 bits per heavy atom. The highest BCUT2D eigenvalue weighted by Crippen LogP contribution is 2.31. The van der Waals surface area contributed by atoms with E-state index in [2.05, 4.69) is 5.32 Å². The Bertz CT molecular complexity index is 516. The highest BCUT2D eigenvalue weighted by molar-refractivity contribution is 6.44. The van der Waals surface area contributed by atoms with E-state index in [-0.39, 0.29) is 11.9 Å². The van der Waals surface area contributed by atoms with E-state index in [1.165, 1.54) is 6.42 Å². The van der Waals surface area contributed by atoms with Gasteiger partial charge in [-0.05, 0) is 38.3 Å². The third-order valence-electron chi connectivity index (χ3n) is 3.76. The van der Waals surface area contributed by atoms with Crippen molar-refractivity contribution in [2.45, 2.75) is 38.8 Å². The van der Waals surface area contributed by atoms with Crippen LogP contribution in [-0.4, -0.2) is 29.9 Å². The Kier molecular flexibility index (Phi) is 6.18. The molecule has 1 aromatic carbocycles. The van der Waals surface area contributed by atoms with Crippen molar-refractivity contribution >= 4 is 40.7 Å². The van der Waals surface area contributed by atoms with Crippen LogP contribution >= 0.6 is 34.8 Å².